The van der Waals surface area contributed by atoms with Gasteiger partial charge < -0.3 is 14.8 Å². The number of fused-ring (bicyclic) bond motifs is 1. The highest BCUT2D eigenvalue weighted by atomic mass is 79.9. The lowest BCUT2D eigenvalue weighted by Crippen LogP contribution is -2.33. The molecule has 2 heterocycles. The summed E-state index contributed by atoms with van der Waals surface area (Å²) in [6.07, 6.45) is -3.58. The van der Waals surface area contributed by atoms with Crippen LogP contribution < -0.4 is 10.1 Å². The summed E-state index contributed by atoms with van der Waals surface area (Å²) in [5.41, 5.74) is 1.45. The Morgan fingerprint density at radius 2 is 1.97 bits per heavy atom. The smallest absolute Gasteiger partial charge is 0.444 e. The van der Waals surface area contributed by atoms with Crippen LogP contribution in [0.15, 0.2) is 28.9 Å². The molecule has 1 amide bonds. The molecule has 1 aliphatic rings. The number of alkyl halides is 3. The van der Waals surface area contributed by atoms with Crippen molar-refractivity contribution in [3.63, 3.8) is 0 Å². The van der Waals surface area contributed by atoms with Crippen molar-refractivity contribution in [2.75, 3.05) is 5.32 Å². The highest BCUT2D eigenvalue weighted by Crippen LogP contribution is 2.28. The zero-order chi connectivity index (χ0) is 22.1. The van der Waals surface area contributed by atoms with Crippen molar-refractivity contribution in [3.8, 4) is 5.75 Å². The molecule has 30 heavy (non-hydrogen) atoms. The summed E-state index contributed by atoms with van der Waals surface area (Å²) in [7, 11) is 0. The number of anilines is 1. The minimum atomic E-state index is -4.77. The number of benzene rings is 1. The number of hydrogen-bond acceptors (Lipinski definition) is 6. The van der Waals surface area contributed by atoms with Crippen molar-refractivity contribution in [1.82, 2.24) is 14.9 Å². The van der Waals surface area contributed by atoms with Crippen molar-refractivity contribution in [2.45, 2.75) is 52.4 Å². The lowest BCUT2D eigenvalue weighted by Gasteiger charge is -2.23. The number of rotatable bonds is 4. The van der Waals surface area contributed by atoms with Crippen LogP contribution in [-0.4, -0.2) is 32.9 Å². The summed E-state index contributed by atoms with van der Waals surface area (Å²) < 4.78 is 47.1. The predicted molar refractivity (Wildman–Crippen MR) is 106 cm³/mol. The molecule has 0 atom stereocenters. The van der Waals surface area contributed by atoms with E-state index in [9.17, 15) is 18.0 Å². The van der Waals surface area contributed by atoms with Crippen molar-refractivity contribution < 1.29 is 27.4 Å². The van der Waals surface area contributed by atoms with Crippen molar-refractivity contribution >= 4 is 28.0 Å². The van der Waals surface area contributed by atoms with E-state index in [0.29, 0.717) is 34.8 Å². The molecule has 7 nitrogen and oxygen atoms in total. The fraction of sp³-hybridized carbons (Fsp3) is 0.421. The maximum absolute atomic E-state index is 12.5. The fourth-order valence-corrected chi connectivity index (χ4v) is 3.31. The number of aromatic nitrogens is 2. The number of carbonyl (C=O) groups excluding carboxylic acids is 1. The van der Waals surface area contributed by atoms with Gasteiger partial charge >= 0.3 is 12.5 Å². The van der Waals surface area contributed by atoms with Crippen LogP contribution in [0.5, 0.6) is 5.75 Å². The van der Waals surface area contributed by atoms with Crippen molar-refractivity contribution in [1.29, 1.82) is 0 Å². The third-order valence-electron chi connectivity index (χ3n) is 3.92. The van der Waals surface area contributed by atoms with E-state index in [0.717, 1.165) is 5.56 Å². The summed E-state index contributed by atoms with van der Waals surface area (Å²) in [5.74, 6) is -0.0189. The van der Waals surface area contributed by atoms with Gasteiger partial charge in [0.1, 0.15) is 11.4 Å². The van der Waals surface area contributed by atoms with Crippen LogP contribution in [0.3, 0.4) is 0 Å². The number of hydrogen-bond donors (Lipinski definition) is 1. The molecule has 11 heteroatoms. The van der Waals surface area contributed by atoms with Gasteiger partial charge in [-0.2, -0.15) is 0 Å². The average Bonchev–Trinajstić information content (AvgIpc) is 3.00. The molecule has 162 valence electrons. The van der Waals surface area contributed by atoms with Gasteiger partial charge in [-0.05, 0) is 44.5 Å². The van der Waals surface area contributed by atoms with E-state index in [1.54, 1.807) is 33.0 Å². The molecule has 0 spiro atoms. The molecule has 1 aromatic heterocycles. The van der Waals surface area contributed by atoms with Gasteiger partial charge in [-0.15, -0.1) is 13.2 Å². The van der Waals surface area contributed by atoms with Crippen LogP contribution in [0.1, 0.15) is 37.6 Å². The van der Waals surface area contributed by atoms with Gasteiger partial charge in [0.2, 0.25) is 5.95 Å². The summed E-state index contributed by atoms with van der Waals surface area (Å²) in [6, 6.07) is 4.17. The SMILES string of the molecule is CC(C)(C)OC(=O)N1Cc2cnc(NCc3cc(Br)cc(OC(F)(F)F)c3)nc2C1. The first-order valence-corrected chi connectivity index (χ1v) is 9.79. The van der Waals surface area contributed by atoms with Crippen molar-refractivity contribution in [3.05, 3.63) is 45.7 Å². The molecule has 1 aromatic carbocycles. The molecule has 0 unspecified atom stereocenters. The Labute approximate surface area is 179 Å². The van der Waals surface area contributed by atoms with E-state index in [-0.39, 0.29) is 12.3 Å². The van der Waals surface area contributed by atoms with E-state index in [2.05, 4.69) is 36.0 Å². The Kier molecular flexibility index (Phi) is 6.11. The minimum absolute atomic E-state index is 0.183. The highest BCUT2D eigenvalue weighted by molar-refractivity contribution is 9.10. The molecule has 1 N–H and O–H groups in total. The Morgan fingerprint density at radius 3 is 2.63 bits per heavy atom. The summed E-state index contributed by atoms with van der Waals surface area (Å²) in [5, 5.41) is 2.98. The molecule has 0 radical (unpaired) electrons. The second-order valence-electron chi connectivity index (χ2n) is 7.70. The van der Waals surface area contributed by atoms with E-state index in [1.165, 1.54) is 17.0 Å². The summed E-state index contributed by atoms with van der Waals surface area (Å²) >= 11 is 3.17. The third kappa shape index (κ3) is 6.22. The maximum atomic E-state index is 12.5. The molecule has 3 rings (SSSR count). The first-order chi connectivity index (χ1) is 13.9. The first-order valence-electron chi connectivity index (χ1n) is 9.00. The van der Waals surface area contributed by atoms with E-state index < -0.39 is 18.1 Å². The molecule has 2 aromatic rings. The molecule has 0 aliphatic carbocycles. The lowest BCUT2D eigenvalue weighted by atomic mass is 10.2. The third-order valence-corrected chi connectivity index (χ3v) is 4.38. The first kappa shape index (κ1) is 22.1. The summed E-state index contributed by atoms with van der Waals surface area (Å²) in [4.78, 5) is 22.4. The van der Waals surface area contributed by atoms with Crippen LogP contribution in [0.25, 0.3) is 0 Å². The molecular formula is C19H20BrF3N4O3. The topological polar surface area (TPSA) is 76.6 Å². The standard InChI is InChI=1S/C19H20BrF3N4O3/c1-18(2,3)30-17(28)27-9-12-8-25-16(26-15(12)10-27)24-7-11-4-13(20)6-14(5-11)29-19(21,22)23/h4-6,8H,7,9-10H2,1-3H3,(H,24,25,26). The van der Waals surface area contributed by atoms with Crippen LogP contribution in [0.2, 0.25) is 0 Å². The van der Waals surface area contributed by atoms with Gasteiger partial charge in [0.25, 0.3) is 0 Å². The lowest BCUT2D eigenvalue weighted by molar-refractivity contribution is -0.274. The Balaban J connectivity index is 1.64. The largest absolute Gasteiger partial charge is 0.573 e. The fourth-order valence-electron chi connectivity index (χ4n) is 2.79. The number of nitrogens with zero attached hydrogens (tertiary/aromatic N) is 3. The van der Waals surface area contributed by atoms with Gasteiger partial charge in [0, 0.05) is 22.8 Å². The maximum Gasteiger partial charge on any atom is 0.573 e. The van der Waals surface area contributed by atoms with E-state index in [4.69, 9.17) is 4.74 Å². The van der Waals surface area contributed by atoms with Crippen LogP contribution >= 0.6 is 15.9 Å². The molecule has 1 aliphatic heterocycles. The summed E-state index contributed by atoms with van der Waals surface area (Å²) in [6.45, 7) is 6.22. The molecule has 0 saturated heterocycles. The van der Waals surface area contributed by atoms with E-state index in [1.807, 2.05) is 0 Å². The Morgan fingerprint density at radius 1 is 1.23 bits per heavy atom. The van der Waals surface area contributed by atoms with Gasteiger partial charge in [0.05, 0.1) is 18.8 Å². The number of ether oxygens (including phenoxy) is 2. The predicted octanol–water partition coefficient (Wildman–Crippen LogP) is 5.00. The van der Waals surface area contributed by atoms with Crippen LogP contribution in [-0.2, 0) is 24.4 Å². The van der Waals surface area contributed by atoms with Gasteiger partial charge in [-0.25, -0.2) is 14.8 Å². The molecule has 0 bridgehead atoms. The monoisotopic (exact) mass is 488 g/mol. The zero-order valence-corrected chi connectivity index (χ0v) is 18.1. The quantitative estimate of drug-likeness (QED) is 0.652. The molecule has 0 saturated carbocycles. The highest BCUT2D eigenvalue weighted by Gasteiger charge is 2.31. The Hall–Kier alpha value is -2.56. The van der Waals surface area contributed by atoms with E-state index >= 15 is 0 Å². The number of amides is 1. The van der Waals surface area contributed by atoms with Crippen molar-refractivity contribution in [2.24, 2.45) is 0 Å². The normalized spacial score (nSPS) is 13.8. The second-order valence-corrected chi connectivity index (χ2v) is 8.61. The van der Waals surface area contributed by atoms with Crippen LogP contribution in [0, 0.1) is 0 Å². The number of nitrogens with one attached hydrogen (secondary N) is 1. The van der Waals surface area contributed by atoms with Gasteiger partial charge in [-0.3, -0.25) is 4.90 Å². The van der Waals surface area contributed by atoms with Gasteiger partial charge in [-0.1, -0.05) is 15.9 Å². The second kappa shape index (κ2) is 8.29. The molecular weight excluding hydrogens is 469 g/mol. The number of carbonyl (C=O) groups is 1. The zero-order valence-electron chi connectivity index (χ0n) is 16.5. The van der Waals surface area contributed by atoms with Gasteiger partial charge in [0.15, 0.2) is 0 Å². The van der Waals surface area contributed by atoms with Crippen LogP contribution in [0.4, 0.5) is 23.9 Å². The Bertz CT molecular complexity index is 948. The minimum Gasteiger partial charge on any atom is -0.444 e. The average molecular weight is 489 g/mol. The number of halogens is 4. The molecule has 0 fully saturated rings.